The minimum Gasteiger partial charge on any atom is -0.411 e. The van der Waals surface area contributed by atoms with E-state index in [2.05, 4.69) is 18.7 Å². The fraction of sp³-hybridized carbons (Fsp3) is 0.769. The largest absolute Gasteiger partial charge is 0.411 e. The van der Waals surface area contributed by atoms with E-state index in [0.717, 1.165) is 12.0 Å². The van der Waals surface area contributed by atoms with E-state index < -0.39 is 5.79 Å². The second-order valence-electron chi connectivity index (χ2n) is 5.36. The highest BCUT2D eigenvalue weighted by molar-refractivity contribution is 5.56. The summed E-state index contributed by atoms with van der Waals surface area (Å²) in [7, 11) is 0. The van der Waals surface area contributed by atoms with E-state index in [1.165, 1.54) is 6.21 Å². The first-order chi connectivity index (χ1) is 7.81. The van der Waals surface area contributed by atoms with Gasteiger partial charge in [-0.15, -0.1) is 5.16 Å². The van der Waals surface area contributed by atoms with Crippen molar-refractivity contribution in [3.63, 3.8) is 0 Å². The van der Waals surface area contributed by atoms with Crippen LogP contribution in [0, 0.1) is 5.92 Å². The molecule has 0 aromatic carbocycles. The summed E-state index contributed by atoms with van der Waals surface area (Å²) in [5.41, 5.74) is 0.735. The summed E-state index contributed by atoms with van der Waals surface area (Å²) >= 11 is 0. The minimum atomic E-state index is -0.572. The smallest absolute Gasteiger partial charge is 0.163 e. The first-order valence-corrected chi connectivity index (χ1v) is 5.96. The number of ether oxygens (including phenoxy) is 2. The standard InChI is InChI=1S/C13H23NO3/c1-10(2)11-9-16-12(3,4)17-13(11,5)7-6-8-14-15/h8,11,15H,1,6-7,9H2,2-5H3/b14-8+/t11-,13-/m0/s1. The van der Waals surface area contributed by atoms with Crippen LogP contribution in [0.4, 0.5) is 0 Å². The zero-order valence-electron chi connectivity index (χ0n) is 11.2. The molecule has 1 heterocycles. The van der Waals surface area contributed by atoms with Gasteiger partial charge in [0.1, 0.15) is 0 Å². The molecule has 1 aliphatic rings. The normalized spacial score (nSPS) is 32.8. The number of hydrogen-bond acceptors (Lipinski definition) is 4. The van der Waals surface area contributed by atoms with E-state index >= 15 is 0 Å². The molecule has 1 aliphatic heterocycles. The zero-order chi connectivity index (χ0) is 13.1. The van der Waals surface area contributed by atoms with Gasteiger partial charge in [-0.25, -0.2) is 0 Å². The molecule has 0 spiro atoms. The minimum absolute atomic E-state index is 0.169. The van der Waals surface area contributed by atoms with Gasteiger partial charge in [-0.05, 0) is 40.5 Å². The lowest BCUT2D eigenvalue weighted by atomic mass is 9.80. The van der Waals surface area contributed by atoms with Crippen LogP contribution in [0.2, 0.25) is 0 Å². The van der Waals surface area contributed by atoms with Crippen LogP contribution >= 0.6 is 0 Å². The molecule has 0 aromatic heterocycles. The number of hydrogen-bond donors (Lipinski definition) is 1. The van der Waals surface area contributed by atoms with Crippen LogP contribution in [-0.2, 0) is 9.47 Å². The van der Waals surface area contributed by atoms with E-state index in [1.54, 1.807) is 0 Å². The molecule has 0 saturated carbocycles. The quantitative estimate of drug-likeness (QED) is 0.356. The summed E-state index contributed by atoms with van der Waals surface area (Å²) in [6, 6.07) is 0. The van der Waals surface area contributed by atoms with Gasteiger partial charge < -0.3 is 14.7 Å². The Morgan fingerprint density at radius 3 is 2.71 bits per heavy atom. The number of nitrogens with zero attached hydrogens (tertiary/aromatic N) is 1. The van der Waals surface area contributed by atoms with Crippen molar-refractivity contribution in [2.45, 2.75) is 51.9 Å². The van der Waals surface area contributed by atoms with Crippen LogP contribution in [-0.4, -0.2) is 29.4 Å². The lowest BCUT2D eigenvalue weighted by Gasteiger charge is -2.48. The van der Waals surface area contributed by atoms with Gasteiger partial charge in [-0.3, -0.25) is 0 Å². The third-order valence-corrected chi connectivity index (χ3v) is 3.26. The van der Waals surface area contributed by atoms with Gasteiger partial charge >= 0.3 is 0 Å². The molecule has 1 fully saturated rings. The molecule has 17 heavy (non-hydrogen) atoms. The molecule has 1 saturated heterocycles. The predicted molar refractivity (Wildman–Crippen MR) is 67.3 cm³/mol. The van der Waals surface area contributed by atoms with Gasteiger partial charge in [0, 0.05) is 12.1 Å². The Morgan fingerprint density at radius 1 is 1.53 bits per heavy atom. The summed E-state index contributed by atoms with van der Waals surface area (Å²) in [5.74, 6) is -0.403. The molecule has 0 amide bonds. The van der Waals surface area contributed by atoms with Crippen LogP contribution < -0.4 is 0 Å². The van der Waals surface area contributed by atoms with E-state index in [-0.39, 0.29) is 11.5 Å². The first kappa shape index (κ1) is 14.2. The fourth-order valence-electron chi connectivity index (χ4n) is 2.42. The van der Waals surface area contributed by atoms with Crippen molar-refractivity contribution in [3.05, 3.63) is 12.2 Å². The topological polar surface area (TPSA) is 51.0 Å². The third-order valence-electron chi connectivity index (χ3n) is 3.26. The Labute approximate surface area is 103 Å². The Hall–Kier alpha value is -0.870. The van der Waals surface area contributed by atoms with Crippen LogP contribution in [0.15, 0.2) is 17.3 Å². The number of rotatable bonds is 4. The lowest BCUT2D eigenvalue weighted by molar-refractivity contribution is -0.323. The Bertz CT molecular complexity index is 312. The summed E-state index contributed by atoms with van der Waals surface area (Å²) in [4.78, 5) is 0. The van der Waals surface area contributed by atoms with E-state index in [9.17, 15) is 0 Å². The summed E-state index contributed by atoms with van der Waals surface area (Å²) < 4.78 is 11.7. The van der Waals surface area contributed by atoms with Gasteiger partial charge in [0.2, 0.25) is 0 Å². The van der Waals surface area contributed by atoms with E-state index in [0.29, 0.717) is 13.0 Å². The second-order valence-corrected chi connectivity index (χ2v) is 5.36. The van der Waals surface area contributed by atoms with Crippen molar-refractivity contribution in [2.24, 2.45) is 11.1 Å². The molecule has 2 atom stereocenters. The van der Waals surface area contributed by atoms with Gasteiger partial charge in [-0.1, -0.05) is 12.2 Å². The molecular formula is C13H23NO3. The van der Waals surface area contributed by atoms with Gasteiger partial charge in [0.05, 0.1) is 12.2 Å². The summed E-state index contributed by atoms with van der Waals surface area (Å²) in [6.07, 6.45) is 2.95. The highest BCUT2D eigenvalue weighted by atomic mass is 16.7. The molecule has 0 bridgehead atoms. The van der Waals surface area contributed by atoms with E-state index in [4.69, 9.17) is 14.7 Å². The lowest BCUT2D eigenvalue weighted by Crippen LogP contribution is -2.53. The van der Waals surface area contributed by atoms with Crippen LogP contribution in [0.1, 0.15) is 40.5 Å². The molecule has 0 unspecified atom stereocenters. The van der Waals surface area contributed by atoms with E-state index in [1.807, 2.05) is 20.8 Å². The van der Waals surface area contributed by atoms with Crippen molar-refractivity contribution >= 4 is 6.21 Å². The molecular weight excluding hydrogens is 218 g/mol. The highest BCUT2D eigenvalue weighted by Crippen LogP contribution is 2.40. The molecule has 98 valence electrons. The van der Waals surface area contributed by atoms with Crippen molar-refractivity contribution in [1.82, 2.24) is 0 Å². The fourth-order valence-corrected chi connectivity index (χ4v) is 2.42. The molecule has 0 radical (unpaired) electrons. The van der Waals surface area contributed by atoms with Crippen molar-refractivity contribution < 1.29 is 14.7 Å². The Balaban J connectivity index is 2.81. The van der Waals surface area contributed by atoms with Crippen molar-refractivity contribution in [1.29, 1.82) is 0 Å². The SMILES string of the molecule is C=C(C)[C@@H]1COC(C)(C)O[C@@]1(C)CC/C=N/O. The molecule has 1 rings (SSSR count). The van der Waals surface area contributed by atoms with Gasteiger partial charge in [0.25, 0.3) is 0 Å². The van der Waals surface area contributed by atoms with Gasteiger partial charge in [-0.2, -0.15) is 0 Å². The summed E-state index contributed by atoms with van der Waals surface area (Å²) in [6.45, 7) is 12.5. The molecule has 0 aromatic rings. The maximum Gasteiger partial charge on any atom is 0.163 e. The van der Waals surface area contributed by atoms with Crippen molar-refractivity contribution in [3.8, 4) is 0 Å². The second kappa shape index (κ2) is 5.19. The maximum atomic E-state index is 8.44. The monoisotopic (exact) mass is 241 g/mol. The average Bonchev–Trinajstić information content (AvgIpc) is 2.15. The summed E-state index contributed by atoms with van der Waals surface area (Å²) in [5, 5.41) is 11.5. The van der Waals surface area contributed by atoms with Gasteiger partial charge in [0.15, 0.2) is 5.79 Å². The molecule has 0 aliphatic carbocycles. The Morgan fingerprint density at radius 2 is 2.18 bits per heavy atom. The molecule has 1 N–H and O–H groups in total. The first-order valence-electron chi connectivity index (χ1n) is 5.96. The van der Waals surface area contributed by atoms with Crippen LogP contribution in [0.5, 0.6) is 0 Å². The maximum absolute atomic E-state index is 8.44. The molecule has 4 nitrogen and oxygen atoms in total. The third kappa shape index (κ3) is 3.54. The number of oxime groups is 1. The van der Waals surface area contributed by atoms with Crippen LogP contribution in [0.25, 0.3) is 0 Å². The Kier molecular flexibility index (Phi) is 4.33. The predicted octanol–water partition coefficient (Wildman–Crippen LogP) is 2.96. The zero-order valence-corrected chi connectivity index (χ0v) is 11.2. The molecule has 4 heteroatoms. The average molecular weight is 241 g/mol. The highest BCUT2D eigenvalue weighted by Gasteiger charge is 2.45. The van der Waals surface area contributed by atoms with Crippen molar-refractivity contribution in [2.75, 3.05) is 6.61 Å². The van der Waals surface area contributed by atoms with Crippen LogP contribution in [0.3, 0.4) is 0 Å².